The molecule has 2 heterocycles. The number of hydrogen-bond donors (Lipinski definition) is 1. The molecular weight excluding hydrogens is 250 g/mol. The zero-order valence-electron chi connectivity index (χ0n) is 10.3. The fourth-order valence-corrected chi connectivity index (χ4v) is 2.45. The quantitative estimate of drug-likeness (QED) is 0.923. The predicted molar refractivity (Wildman–Crippen MR) is 70.7 cm³/mol. The van der Waals surface area contributed by atoms with Crippen molar-refractivity contribution < 1.29 is 9.90 Å². The molecule has 1 N–H and O–H groups in total. The highest BCUT2D eigenvalue weighted by atomic mass is 32.1. The number of carboxylic acid groups (broad SMARTS) is 1. The summed E-state index contributed by atoms with van der Waals surface area (Å²) < 4.78 is 1.77. The van der Waals surface area contributed by atoms with Gasteiger partial charge in [-0.3, -0.25) is 4.68 Å². The van der Waals surface area contributed by atoms with Gasteiger partial charge in [-0.2, -0.15) is 5.10 Å². The van der Waals surface area contributed by atoms with Crippen molar-refractivity contribution in [3.05, 3.63) is 33.0 Å². The molecule has 2 rings (SSSR count). The van der Waals surface area contributed by atoms with Gasteiger partial charge in [0.15, 0.2) is 5.69 Å². The third kappa shape index (κ3) is 2.33. The average Bonchev–Trinajstić information content (AvgIpc) is 2.81. The summed E-state index contributed by atoms with van der Waals surface area (Å²) in [6.45, 7) is 3.73. The van der Waals surface area contributed by atoms with Crippen LogP contribution in [0.15, 0.2) is 6.20 Å². The standard InChI is InChI=1S/C12H13N3O2S/c1-7-6-13-15(3)9(7)4-5-10-14-11(12(16)17)8(2)18-10/h4-6H,1-3H3,(H,16,17)/b5-4+. The molecule has 2 aromatic rings. The number of rotatable bonds is 3. The molecule has 0 saturated heterocycles. The van der Waals surface area contributed by atoms with E-state index in [4.69, 9.17) is 5.11 Å². The Morgan fingerprint density at radius 2 is 2.17 bits per heavy atom. The highest BCUT2D eigenvalue weighted by Crippen LogP contribution is 2.20. The predicted octanol–water partition coefficient (Wildman–Crippen LogP) is 2.36. The first-order chi connectivity index (χ1) is 8.49. The number of nitrogens with zero attached hydrogens (tertiary/aromatic N) is 3. The lowest BCUT2D eigenvalue weighted by Crippen LogP contribution is -1.98. The van der Waals surface area contributed by atoms with E-state index in [0.717, 1.165) is 11.3 Å². The van der Waals surface area contributed by atoms with Crippen molar-refractivity contribution in [1.29, 1.82) is 0 Å². The van der Waals surface area contributed by atoms with Gasteiger partial charge in [-0.1, -0.05) is 0 Å². The topological polar surface area (TPSA) is 68.0 Å². The maximum absolute atomic E-state index is 10.9. The van der Waals surface area contributed by atoms with Crippen molar-refractivity contribution >= 4 is 29.5 Å². The first-order valence-electron chi connectivity index (χ1n) is 5.36. The van der Waals surface area contributed by atoms with Crippen LogP contribution in [-0.2, 0) is 7.05 Å². The fourth-order valence-electron chi connectivity index (χ4n) is 1.63. The molecule has 0 aliphatic carbocycles. The van der Waals surface area contributed by atoms with Crippen LogP contribution in [0.5, 0.6) is 0 Å². The highest BCUT2D eigenvalue weighted by molar-refractivity contribution is 7.12. The minimum Gasteiger partial charge on any atom is -0.476 e. The molecule has 5 nitrogen and oxygen atoms in total. The molecule has 0 radical (unpaired) electrons. The van der Waals surface area contributed by atoms with Crippen LogP contribution in [0.1, 0.15) is 31.6 Å². The Labute approximate surface area is 108 Å². The van der Waals surface area contributed by atoms with Gasteiger partial charge in [0.05, 0.1) is 11.9 Å². The van der Waals surface area contributed by atoms with Gasteiger partial charge in [-0.05, 0) is 31.6 Å². The highest BCUT2D eigenvalue weighted by Gasteiger charge is 2.12. The zero-order valence-corrected chi connectivity index (χ0v) is 11.2. The molecule has 0 aliphatic rings. The van der Waals surface area contributed by atoms with Crippen LogP contribution in [0.25, 0.3) is 12.2 Å². The van der Waals surface area contributed by atoms with Gasteiger partial charge in [0.1, 0.15) is 5.01 Å². The first-order valence-corrected chi connectivity index (χ1v) is 6.18. The minimum atomic E-state index is -0.986. The van der Waals surface area contributed by atoms with E-state index in [0.29, 0.717) is 9.88 Å². The maximum atomic E-state index is 10.9. The monoisotopic (exact) mass is 263 g/mol. The van der Waals surface area contributed by atoms with Gasteiger partial charge in [-0.25, -0.2) is 9.78 Å². The first kappa shape index (κ1) is 12.5. The number of aromatic carboxylic acids is 1. The molecule has 0 atom stereocenters. The zero-order chi connectivity index (χ0) is 13.3. The Balaban J connectivity index is 2.30. The molecule has 0 aliphatic heterocycles. The molecule has 0 bridgehead atoms. The Morgan fingerprint density at radius 1 is 1.44 bits per heavy atom. The van der Waals surface area contributed by atoms with Gasteiger partial charge in [0.2, 0.25) is 0 Å². The van der Waals surface area contributed by atoms with Crippen molar-refractivity contribution in [2.75, 3.05) is 0 Å². The maximum Gasteiger partial charge on any atom is 0.355 e. The van der Waals surface area contributed by atoms with Gasteiger partial charge >= 0.3 is 5.97 Å². The van der Waals surface area contributed by atoms with E-state index in [9.17, 15) is 4.79 Å². The van der Waals surface area contributed by atoms with E-state index < -0.39 is 5.97 Å². The van der Waals surface area contributed by atoms with Crippen LogP contribution in [0, 0.1) is 13.8 Å². The Morgan fingerprint density at radius 3 is 2.67 bits per heavy atom. The van der Waals surface area contributed by atoms with Crippen molar-refractivity contribution in [2.45, 2.75) is 13.8 Å². The van der Waals surface area contributed by atoms with Crippen LogP contribution in [-0.4, -0.2) is 25.8 Å². The van der Waals surface area contributed by atoms with E-state index in [2.05, 4.69) is 10.1 Å². The van der Waals surface area contributed by atoms with Crippen molar-refractivity contribution in [3.63, 3.8) is 0 Å². The second kappa shape index (κ2) is 4.73. The molecule has 0 fully saturated rings. The number of carboxylic acids is 1. The van der Waals surface area contributed by atoms with Crippen molar-refractivity contribution in [3.8, 4) is 0 Å². The summed E-state index contributed by atoms with van der Waals surface area (Å²) in [4.78, 5) is 15.7. The van der Waals surface area contributed by atoms with Crippen LogP contribution in [0.2, 0.25) is 0 Å². The summed E-state index contributed by atoms with van der Waals surface area (Å²) in [6.07, 6.45) is 5.50. The number of aromatic nitrogens is 3. The molecule has 6 heteroatoms. The van der Waals surface area contributed by atoms with E-state index in [1.54, 1.807) is 17.8 Å². The third-order valence-corrected chi connectivity index (χ3v) is 3.51. The number of aryl methyl sites for hydroxylation is 3. The number of carbonyl (C=O) groups is 1. The molecule has 0 saturated carbocycles. The average molecular weight is 263 g/mol. The molecule has 0 spiro atoms. The molecule has 18 heavy (non-hydrogen) atoms. The lowest BCUT2D eigenvalue weighted by molar-refractivity contribution is 0.0690. The van der Waals surface area contributed by atoms with Gasteiger partial charge < -0.3 is 5.11 Å². The fraction of sp³-hybridized carbons (Fsp3) is 0.250. The number of hydrogen-bond acceptors (Lipinski definition) is 4. The van der Waals surface area contributed by atoms with Crippen LogP contribution < -0.4 is 0 Å². The normalized spacial score (nSPS) is 11.3. The lowest BCUT2D eigenvalue weighted by Gasteiger charge is -1.95. The van der Waals surface area contributed by atoms with Crippen LogP contribution in [0.3, 0.4) is 0 Å². The second-order valence-electron chi connectivity index (χ2n) is 3.93. The Hall–Kier alpha value is -1.95. The van der Waals surface area contributed by atoms with E-state index in [1.807, 2.05) is 26.1 Å². The van der Waals surface area contributed by atoms with Gasteiger partial charge in [-0.15, -0.1) is 11.3 Å². The molecule has 0 aromatic carbocycles. The summed E-state index contributed by atoms with van der Waals surface area (Å²) in [5, 5.41) is 13.7. The molecule has 94 valence electrons. The SMILES string of the molecule is Cc1cnn(C)c1/C=C/c1nc(C(=O)O)c(C)s1. The van der Waals surface area contributed by atoms with E-state index in [1.165, 1.54) is 11.3 Å². The summed E-state index contributed by atoms with van der Waals surface area (Å²) in [6, 6.07) is 0. The van der Waals surface area contributed by atoms with Gasteiger partial charge in [0.25, 0.3) is 0 Å². The summed E-state index contributed by atoms with van der Waals surface area (Å²) in [5.74, 6) is -0.986. The largest absolute Gasteiger partial charge is 0.476 e. The van der Waals surface area contributed by atoms with E-state index >= 15 is 0 Å². The molecule has 2 aromatic heterocycles. The van der Waals surface area contributed by atoms with E-state index in [-0.39, 0.29) is 5.69 Å². The van der Waals surface area contributed by atoms with Gasteiger partial charge in [0, 0.05) is 11.9 Å². The summed E-state index contributed by atoms with van der Waals surface area (Å²) >= 11 is 1.37. The Bertz CT molecular complexity index is 606. The summed E-state index contributed by atoms with van der Waals surface area (Å²) in [5.41, 5.74) is 2.18. The van der Waals surface area contributed by atoms with Crippen LogP contribution in [0.4, 0.5) is 0 Å². The Kier molecular flexibility index (Phi) is 3.29. The minimum absolute atomic E-state index is 0.126. The molecule has 0 amide bonds. The number of thiazole rings is 1. The smallest absolute Gasteiger partial charge is 0.355 e. The van der Waals surface area contributed by atoms with Crippen LogP contribution >= 0.6 is 11.3 Å². The lowest BCUT2D eigenvalue weighted by atomic mass is 10.2. The summed E-state index contributed by atoms with van der Waals surface area (Å²) in [7, 11) is 1.86. The van der Waals surface area contributed by atoms with Crippen molar-refractivity contribution in [2.24, 2.45) is 7.05 Å². The second-order valence-corrected chi connectivity index (χ2v) is 5.17. The molecular formula is C12H13N3O2S. The third-order valence-electron chi connectivity index (χ3n) is 2.58. The molecule has 0 unspecified atom stereocenters. The van der Waals surface area contributed by atoms with Crippen molar-refractivity contribution in [1.82, 2.24) is 14.8 Å².